The highest BCUT2D eigenvalue weighted by Gasteiger charge is 2.32. The van der Waals surface area contributed by atoms with E-state index < -0.39 is 38.2 Å². The Kier molecular flexibility index (Phi) is 5.76. The van der Waals surface area contributed by atoms with E-state index in [9.17, 15) is 26.4 Å². The second-order valence-corrected chi connectivity index (χ2v) is 8.58. The molecular weight excluding hydrogens is 421 g/mol. The molecule has 2 aromatic rings. The molecule has 5 nitrogen and oxygen atoms in total. The van der Waals surface area contributed by atoms with Crippen molar-refractivity contribution in [2.75, 3.05) is 7.11 Å². The van der Waals surface area contributed by atoms with Crippen molar-refractivity contribution in [2.24, 2.45) is 0 Å². The lowest BCUT2D eigenvalue weighted by molar-refractivity contribution is -0.137. The second-order valence-electron chi connectivity index (χ2n) is 6.62. The molecule has 0 aromatic heterocycles. The van der Waals surface area contributed by atoms with Crippen LogP contribution in [0.4, 0.5) is 13.2 Å². The molecule has 9 heteroatoms. The summed E-state index contributed by atoms with van der Waals surface area (Å²) in [5.41, 5.74) is -0.178. The minimum Gasteiger partial charge on any atom is -0.495 e. The van der Waals surface area contributed by atoms with E-state index in [0.29, 0.717) is 17.6 Å². The third-order valence-corrected chi connectivity index (χ3v) is 6.32. The molecule has 0 bridgehead atoms. The van der Waals surface area contributed by atoms with E-state index in [1.165, 1.54) is 25.3 Å². The van der Waals surface area contributed by atoms with Crippen LogP contribution in [0.25, 0.3) is 5.57 Å². The van der Waals surface area contributed by atoms with Gasteiger partial charge in [-0.1, -0.05) is 24.3 Å². The second kappa shape index (κ2) is 7.98. The van der Waals surface area contributed by atoms with Crippen LogP contribution in [0.2, 0.25) is 0 Å². The van der Waals surface area contributed by atoms with E-state index in [4.69, 9.17) is 9.84 Å². The molecule has 0 aliphatic heterocycles. The molecule has 0 saturated carbocycles. The number of carboxylic acids is 1. The highest BCUT2D eigenvalue weighted by molar-refractivity contribution is 7.90. The Morgan fingerprint density at radius 2 is 1.90 bits per heavy atom. The Morgan fingerprint density at radius 3 is 2.47 bits per heavy atom. The molecule has 0 saturated heterocycles. The molecule has 0 amide bonds. The molecule has 0 spiro atoms. The smallest absolute Gasteiger partial charge is 0.416 e. The zero-order valence-electron chi connectivity index (χ0n) is 15.7. The average Bonchev–Trinajstić information content (AvgIpc) is 3.20. The number of halogens is 3. The van der Waals surface area contributed by atoms with Gasteiger partial charge in [0.05, 0.1) is 24.0 Å². The zero-order valence-corrected chi connectivity index (χ0v) is 16.5. The average molecular weight is 438 g/mol. The molecule has 1 aliphatic rings. The predicted molar refractivity (Wildman–Crippen MR) is 104 cm³/mol. The number of hydrogen-bond acceptors (Lipinski definition) is 4. The fraction of sp³-hybridized carbons (Fsp3) is 0.190. The molecule has 0 unspecified atom stereocenters. The minimum atomic E-state index is -4.64. The fourth-order valence-electron chi connectivity index (χ4n) is 3.18. The summed E-state index contributed by atoms with van der Waals surface area (Å²) in [6, 6.07) is 6.32. The Morgan fingerprint density at radius 1 is 1.17 bits per heavy atom. The van der Waals surface area contributed by atoms with Gasteiger partial charge in [-0.3, -0.25) is 0 Å². The van der Waals surface area contributed by atoms with Crippen molar-refractivity contribution in [3.63, 3.8) is 0 Å². The highest BCUT2D eigenvalue weighted by atomic mass is 32.2. The predicted octanol–water partition coefficient (Wildman–Crippen LogP) is 4.73. The standard InChI is InChI=1S/C21H17F3O5S/c1-29-18-9-6-14(20(25)26)11-19(18)30(27,28)12-15-10-16(21(22,23)24)7-8-17(15)13-4-2-3-5-13/h2-4,6-11H,5,12H2,1H3,(H,25,26). The Labute approximate surface area is 171 Å². The molecule has 1 N–H and O–H groups in total. The monoisotopic (exact) mass is 438 g/mol. The van der Waals surface area contributed by atoms with Crippen molar-refractivity contribution < 1.29 is 36.2 Å². The van der Waals surface area contributed by atoms with Crippen LogP contribution >= 0.6 is 0 Å². The van der Waals surface area contributed by atoms with Crippen molar-refractivity contribution in [3.05, 3.63) is 76.9 Å². The number of carbonyl (C=O) groups is 1. The fourth-order valence-corrected chi connectivity index (χ4v) is 4.75. The maximum absolute atomic E-state index is 13.2. The Hall–Kier alpha value is -3.07. The van der Waals surface area contributed by atoms with Gasteiger partial charge in [0.2, 0.25) is 0 Å². The van der Waals surface area contributed by atoms with Crippen molar-refractivity contribution in [3.8, 4) is 5.75 Å². The van der Waals surface area contributed by atoms with Gasteiger partial charge < -0.3 is 9.84 Å². The number of ether oxygens (including phenoxy) is 1. The lowest BCUT2D eigenvalue weighted by atomic mass is 9.97. The number of methoxy groups -OCH3 is 1. The molecule has 0 atom stereocenters. The first-order valence-corrected chi connectivity index (χ1v) is 10.4. The molecule has 0 heterocycles. The van der Waals surface area contributed by atoms with Gasteiger partial charge >= 0.3 is 12.1 Å². The van der Waals surface area contributed by atoms with Crippen LogP contribution in [0, 0.1) is 0 Å². The first-order valence-electron chi connectivity index (χ1n) is 8.73. The van der Waals surface area contributed by atoms with Crippen LogP contribution in [0.1, 0.15) is 33.5 Å². The number of aromatic carboxylic acids is 1. The van der Waals surface area contributed by atoms with Crippen LogP contribution < -0.4 is 4.74 Å². The summed E-state index contributed by atoms with van der Waals surface area (Å²) in [6.07, 6.45) is 1.09. The van der Waals surface area contributed by atoms with Gasteiger partial charge in [-0.25, -0.2) is 13.2 Å². The maximum atomic E-state index is 13.2. The Bertz CT molecular complexity index is 1160. The first kappa shape index (κ1) is 21.6. The molecule has 158 valence electrons. The van der Waals surface area contributed by atoms with E-state index in [1.54, 1.807) is 12.2 Å². The molecule has 3 rings (SSSR count). The number of carboxylic acid groups (broad SMARTS) is 1. The first-order chi connectivity index (χ1) is 14.0. The molecule has 1 aliphatic carbocycles. The molecule has 30 heavy (non-hydrogen) atoms. The summed E-state index contributed by atoms with van der Waals surface area (Å²) in [5, 5.41) is 9.17. The molecule has 2 aromatic carbocycles. The zero-order chi connectivity index (χ0) is 22.1. The van der Waals surface area contributed by atoms with Crippen LogP contribution in [0.15, 0.2) is 59.5 Å². The van der Waals surface area contributed by atoms with E-state index >= 15 is 0 Å². The van der Waals surface area contributed by atoms with Crippen LogP contribution in [0.5, 0.6) is 5.75 Å². The molecule has 0 fully saturated rings. The van der Waals surface area contributed by atoms with Crippen molar-refractivity contribution in [2.45, 2.75) is 23.2 Å². The number of benzene rings is 2. The van der Waals surface area contributed by atoms with Gasteiger partial charge in [0.15, 0.2) is 9.84 Å². The summed E-state index contributed by atoms with van der Waals surface area (Å²) in [7, 11) is -3.01. The van der Waals surface area contributed by atoms with E-state index in [1.807, 2.05) is 6.08 Å². The van der Waals surface area contributed by atoms with Crippen molar-refractivity contribution in [1.82, 2.24) is 0 Å². The molecular formula is C21H17F3O5S. The number of allylic oxidation sites excluding steroid dienone is 4. The van der Waals surface area contributed by atoms with Gasteiger partial charge in [0.1, 0.15) is 10.6 Å². The van der Waals surface area contributed by atoms with Gasteiger partial charge in [0, 0.05) is 0 Å². The quantitative estimate of drug-likeness (QED) is 0.705. The van der Waals surface area contributed by atoms with Crippen molar-refractivity contribution in [1.29, 1.82) is 0 Å². The number of alkyl halides is 3. The molecule has 0 radical (unpaired) electrons. The van der Waals surface area contributed by atoms with Gasteiger partial charge in [-0.2, -0.15) is 13.2 Å². The largest absolute Gasteiger partial charge is 0.495 e. The van der Waals surface area contributed by atoms with E-state index in [0.717, 1.165) is 18.2 Å². The van der Waals surface area contributed by atoms with Crippen LogP contribution in [-0.2, 0) is 21.8 Å². The lowest BCUT2D eigenvalue weighted by Gasteiger charge is -2.16. The summed E-state index contributed by atoms with van der Waals surface area (Å²) >= 11 is 0. The number of hydrogen-bond donors (Lipinski definition) is 1. The van der Waals surface area contributed by atoms with E-state index in [2.05, 4.69) is 0 Å². The Balaban J connectivity index is 2.12. The van der Waals surface area contributed by atoms with E-state index in [-0.39, 0.29) is 16.9 Å². The normalized spacial score (nSPS) is 13.9. The van der Waals surface area contributed by atoms with Crippen LogP contribution in [0.3, 0.4) is 0 Å². The van der Waals surface area contributed by atoms with Crippen molar-refractivity contribution >= 4 is 21.4 Å². The highest BCUT2D eigenvalue weighted by Crippen LogP contribution is 2.36. The maximum Gasteiger partial charge on any atom is 0.416 e. The minimum absolute atomic E-state index is 0.0254. The summed E-state index contributed by atoms with van der Waals surface area (Å²) < 4.78 is 70.9. The van der Waals surface area contributed by atoms with Gasteiger partial charge in [0.25, 0.3) is 0 Å². The third-order valence-electron chi connectivity index (χ3n) is 4.64. The third kappa shape index (κ3) is 4.40. The van der Waals surface area contributed by atoms with Crippen LogP contribution in [-0.4, -0.2) is 26.6 Å². The van der Waals surface area contributed by atoms with Gasteiger partial charge in [-0.05, 0) is 53.5 Å². The van der Waals surface area contributed by atoms with Gasteiger partial charge in [-0.15, -0.1) is 0 Å². The number of rotatable bonds is 6. The summed E-state index contributed by atoms with van der Waals surface area (Å²) in [6.45, 7) is 0. The lowest BCUT2D eigenvalue weighted by Crippen LogP contribution is -2.12. The SMILES string of the molecule is COc1ccc(C(=O)O)cc1S(=O)(=O)Cc1cc(C(F)(F)F)ccc1C1=CC=CC1. The summed E-state index contributed by atoms with van der Waals surface area (Å²) in [5.74, 6) is -2.17. The topological polar surface area (TPSA) is 80.7 Å². The number of sulfone groups is 1. The summed E-state index contributed by atoms with van der Waals surface area (Å²) in [4.78, 5) is 10.8.